The highest BCUT2D eigenvalue weighted by molar-refractivity contribution is 6.00. The Morgan fingerprint density at radius 2 is 2.21 bits per heavy atom. The van der Waals surface area contributed by atoms with E-state index in [9.17, 15) is 4.79 Å². The first-order valence-corrected chi connectivity index (χ1v) is 6.26. The minimum Gasteiger partial charge on any atom is -0.409 e. The van der Waals surface area contributed by atoms with Crippen molar-refractivity contribution in [1.82, 2.24) is 14.7 Å². The molecule has 1 unspecified atom stereocenters. The number of hydrogen-bond acceptors (Lipinski definition) is 4. The second kappa shape index (κ2) is 4.91. The van der Waals surface area contributed by atoms with Gasteiger partial charge in [-0.25, -0.2) is 0 Å². The fourth-order valence-electron chi connectivity index (χ4n) is 2.61. The Kier molecular flexibility index (Phi) is 3.46. The maximum Gasteiger partial charge on any atom is 0.258 e. The van der Waals surface area contributed by atoms with Crippen LogP contribution in [0.3, 0.4) is 0 Å². The zero-order valence-electron chi connectivity index (χ0n) is 11.4. The predicted octanol–water partition coefficient (Wildman–Crippen LogP) is 0.388. The van der Waals surface area contributed by atoms with E-state index < -0.39 is 0 Å². The van der Waals surface area contributed by atoms with Gasteiger partial charge in [-0.15, -0.1) is 0 Å². The lowest BCUT2D eigenvalue weighted by atomic mass is 10.1. The molecule has 3 N–H and O–H groups in total. The van der Waals surface area contributed by atoms with Crippen molar-refractivity contribution in [3.05, 3.63) is 17.0 Å². The Balaban J connectivity index is 2.33. The molecule has 0 saturated carbocycles. The van der Waals surface area contributed by atoms with Crippen molar-refractivity contribution in [3.63, 3.8) is 0 Å². The van der Waals surface area contributed by atoms with E-state index in [1.165, 1.54) is 0 Å². The molecule has 1 fully saturated rings. The average Bonchev–Trinajstić information content (AvgIpc) is 2.94. The van der Waals surface area contributed by atoms with Gasteiger partial charge in [0, 0.05) is 19.3 Å². The van der Waals surface area contributed by atoms with Gasteiger partial charge in [-0.2, -0.15) is 5.10 Å². The molecule has 1 amide bonds. The van der Waals surface area contributed by atoms with E-state index in [1.807, 2.05) is 20.9 Å². The van der Waals surface area contributed by atoms with Crippen molar-refractivity contribution < 1.29 is 10.0 Å². The summed E-state index contributed by atoms with van der Waals surface area (Å²) in [5.74, 6) is -0.0118. The van der Waals surface area contributed by atoms with Crippen LogP contribution in [0.2, 0.25) is 0 Å². The zero-order valence-corrected chi connectivity index (χ0v) is 11.4. The SMILES string of the molecule is Cc1nn(C)c(C)c1C(=O)N1CCCC1C(N)=NO. The van der Waals surface area contributed by atoms with E-state index in [0.29, 0.717) is 17.8 Å². The topological polar surface area (TPSA) is 96.7 Å². The van der Waals surface area contributed by atoms with Crippen LogP contribution in [-0.2, 0) is 7.05 Å². The molecule has 104 valence electrons. The zero-order chi connectivity index (χ0) is 14.2. The van der Waals surface area contributed by atoms with Gasteiger partial charge in [-0.3, -0.25) is 9.48 Å². The van der Waals surface area contributed by atoms with Gasteiger partial charge >= 0.3 is 0 Å². The number of aromatic nitrogens is 2. The minimum atomic E-state index is -0.323. The number of amidine groups is 1. The Morgan fingerprint density at radius 3 is 2.74 bits per heavy atom. The summed E-state index contributed by atoms with van der Waals surface area (Å²) in [4.78, 5) is 14.3. The number of amides is 1. The van der Waals surface area contributed by atoms with Crippen molar-refractivity contribution in [1.29, 1.82) is 0 Å². The summed E-state index contributed by atoms with van der Waals surface area (Å²) >= 11 is 0. The number of aryl methyl sites for hydroxylation is 2. The van der Waals surface area contributed by atoms with Gasteiger partial charge < -0.3 is 15.8 Å². The lowest BCUT2D eigenvalue weighted by molar-refractivity contribution is 0.0766. The molecule has 0 aromatic carbocycles. The summed E-state index contributed by atoms with van der Waals surface area (Å²) in [6, 6.07) is -0.323. The molecule has 1 saturated heterocycles. The molecule has 0 aliphatic carbocycles. The Labute approximate surface area is 111 Å². The maximum atomic E-state index is 12.6. The number of oxime groups is 1. The molecule has 1 atom stereocenters. The van der Waals surface area contributed by atoms with Crippen molar-refractivity contribution in [3.8, 4) is 0 Å². The number of nitrogens with two attached hydrogens (primary N) is 1. The average molecular weight is 265 g/mol. The molecule has 2 heterocycles. The number of hydrogen-bond donors (Lipinski definition) is 2. The molecule has 1 aliphatic rings. The number of carbonyl (C=O) groups is 1. The van der Waals surface area contributed by atoms with E-state index in [-0.39, 0.29) is 17.8 Å². The normalized spacial score (nSPS) is 20.1. The fourth-order valence-corrected chi connectivity index (χ4v) is 2.61. The maximum absolute atomic E-state index is 12.6. The van der Waals surface area contributed by atoms with E-state index >= 15 is 0 Å². The highest BCUT2D eigenvalue weighted by Crippen LogP contribution is 2.23. The first-order valence-electron chi connectivity index (χ1n) is 6.26. The van der Waals surface area contributed by atoms with E-state index in [2.05, 4.69) is 10.3 Å². The van der Waals surface area contributed by atoms with Gasteiger partial charge in [0.2, 0.25) is 0 Å². The summed E-state index contributed by atoms with van der Waals surface area (Å²) in [7, 11) is 1.81. The second-order valence-electron chi connectivity index (χ2n) is 4.85. The molecule has 2 rings (SSSR count). The van der Waals surface area contributed by atoms with Crippen LogP contribution in [0.25, 0.3) is 0 Å². The van der Waals surface area contributed by atoms with Gasteiger partial charge in [0.05, 0.1) is 17.3 Å². The van der Waals surface area contributed by atoms with Crippen molar-refractivity contribution in [2.24, 2.45) is 17.9 Å². The number of carbonyl (C=O) groups excluding carboxylic acids is 1. The van der Waals surface area contributed by atoms with Crippen LogP contribution < -0.4 is 5.73 Å². The van der Waals surface area contributed by atoms with Crippen LogP contribution in [0, 0.1) is 13.8 Å². The van der Waals surface area contributed by atoms with Crippen LogP contribution >= 0.6 is 0 Å². The molecule has 1 aromatic rings. The van der Waals surface area contributed by atoms with Crippen molar-refractivity contribution >= 4 is 11.7 Å². The number of nitrogens with zero attached hydrogens (tertiary/aromatic N) is 4. The van der Waals surface area contributed by atoms with Crippen molar-refractivity contribution in [2.45, 2.75) is 32.7 Å². The van der Waals surface area contributed by atoms with Gasteiger partial charge in [0.25, 0.3) is 5.91 Å². The van der Waals surface area contributed by atoms with E-state index in [0.717, 1.165) is 18.5 Å². The standard InChI is InChI=1S/C12H19N5O2/c1-7-10(8(2)16(3)14-7)12(18)17-6-4-5-9(17)11(13)15-19/h9,19H,4-6H2,1-3H3,(H2,13,15). The molecule has 1 aromatic heterocycles. The third-order valence-electron chi connectivity index (χ3n) is 3.69. The Hall–Kier alpha value is -2.05. The molecule has 19 heavy (non-hydrogen) atoms. The van der Waals surface area contributed by atoms with Gasteiger partial charge in [0.15, 0.2) is 5.84 Å². The van der Waals surface area contributed by atoms with Crippen LogP contribution in [0.4, 0.5) is 0 Å². The van der Waals surface area contributed by atoms with Gasteiger partial charge in [-0.1, -0.05) is 5.16 Å². The Morgan fingerprint density at radius 1 is 1.53 bits per heavy atom. The second-order valence-corrected chi connectivity index (χ2v) is 4.85. The molecule has 0 spiro atoms. The van der Waals surface area contributed by atoms with Gasteiger partial charge in [-0.05, 0) is 26.7 Å². The molecular weight excluding hydrogens is 246 g/mol. The molecule has 1 aliphatic heterocycles. The quantitative estimate of drug-likeness (QED) is 0.350. The predicted molar refractivity (Wildman–Crippen MR) is 70.1 cm³/mol. The highest BCUT2D eigenvalue weighted by atomic mass is 16.4. The first kappa shape index (κ1) is 13.4. The lowest BCUT2D eigenvalue weighted by Crippen LogP contribution is -2.44. The van der Waals surface area contributed by atoms with Crippen LogP contribution in [-0.4, -0.2) is 44.2 Å². The number of likely N-dealkylation sites (tertiary alicyclic amines) is 1. The largest absolute Gasteiger partial charge is 0.409 e. The minimum absolute atomic E-state index is 0.0880. The summed E-state index contributed by atoms with van der Waals surface area (Å²) in [5.41, 5.74) is 7.79. The monoisotopic (exact) mass is 265 g/mol. The third kappa shape index (κ3) is 2.16. The highest BCUT2D eigenvalue weighted by Gasteiger charge is 2.34. The molecule has 0 radical (unpaired) electrons. The summed E-state index contributed by atoms with van der Waals surface area (Å²) in [6.45, 7) is 4.30. The molecular formula is C12H19N5O2. The third-order valence-corrected chi connectivity index (χ3v) is 3.69. The van der Waals surface area contributed by atoms with E-state index in [1.54, 1.807) is 9.58 Å². The van der Waals surface area contributed by atoms with Crippen LogP contribution in [0.5, 0.6) is 0 Å². The van der Waals surface area contributed by atoms with Crippen molar-refractivity contribution in [2.75, 3.05) is 6.54 Å². The summed E-state index contributed by atoms with van der Waals surface area (Å²) in [5, 5.41) is 16.1. The Bertz CT molecular complexity index is 534. The molecule has 7 nitrogen and oxygen atoms in total. The van der Waals surface area contributed by atoms with Crippen LogP contribution in [0.1, 0.15) is 34.6 Å². The fraction of sp³-hybridized carbons (Fsp3) is 0.583. The van der Waals surface area contributed by atoms with Gasteiger partial charge in [0.1, 0.15) is 0 Å². The summed E-state index contributed by atoms with van der Waals surface area (Å²) in [6.07, 6.45) is 1.57. The molecule has 0 bridgehead atoms. The lowest BCUT2D eigenvalue weighted by Gasteiger charge is -2.23. The molecule has 7 heteroatoms. The van der Waals surface area contributed by atoms with E-state index in [4.69, 9.17) is 10.9 Å². The summed E-state index contributed by atoms with van der Waals surface area (Å²) < 4.78 is 1.69. The first-order chi connectivity index (χ1) is 8.97. The smallest absolute Gasteiger partial charge is 0.258 e. The van der Waals surface area contributed by atoms with Crippen LogP contribution in [0.15, 0.2) is 5.16 Å². The number of rotatable bonds is 2.